The number of pyridine rings is 1. The monoisotopic (exact) mass is 425 g/mol. The molecule has 0 spiro atoms. The molecule has 0 atom stereocenters. The Morgan fingerprint density at radius 3 is 2.38 bits per heavy atom. The van der Waals surface area contributed by atoms with E-state index in [1.54, 1.807) is 0 Å². The topological polar surface area (TPSA) is 74.9 Å². The van der Waals surface area contributed by atoms with Gasteiger partial charge in [-0.05, 0) is 34.6 Å². The highest BCUT2D eigenvalue weighted by Gasteiger charge is 2.40. The number of ether oxygens (including phenoxy) is 1. The number of likely N-dealkylation sites (N-methyl/N-ethyl adjacent to an activating group) is 1. The van der Waals surface area contributed by atoms with Gasteiger partial charge in [-0.25, -0.2) is 9.78 Å². The van der Waals surface area contributed by atoms with Crippen molar-refractivity contribution < 1.29 is 9.53 Å². The van der Waals surface area contributed by atoms with Crippen molar-refractivity contribution in [3.63, 3.8) is 0 Å². The number of hydrogen-bond acceptors (Lipinski definition) is 6. The Hall–Kier alpha value is -1.38. The maximum atomic E-state index is 11.5. The van der Waals surface area contributed by atoms with Crippen molar-refractivity contribution in [2.45, 2.75) is 25.4 Å². The number of nitrogens with two attached hydrogens (primary N) is 1. The van der Waals surface area contributed by atoms with Crippen molar-refractivity contribution in [1.29, 1.82) is 0 Å². The van der Waals surface area contributed by atoms with Gasteiger partial charge in [0.2, 0.25) is 0 Å². The minimum Gasteiger partial charge on any atom is -0.442 e. The fraction of sp³-hybridized carbons (Fsp3) is 0.667. The molecular weight excluding hydrogens is 398 g/mol. The number of primary amides is 1. The number of anilines is 1. The number of aromatic nitrogens is 1. The first-order valence-corrected chi connectivity index (χ1v) is 10.1. The molecule has 2 fully saturated rings. The Labute approximate surface area is 163 Å². The first kappa shape index (κ1) is 19.4. The fourth-order valence-electron chi connectivity index (χ4n) is 3.88. The van der Waals surface area contributed by atoms with Crippen LogP contribution in [0.3, 0.4) is 0 Å². The standard InChI is InChI=1S/C18H28BrN5O2/c1-2-22-9-11-23(12-10-22)14-18(26-17(20)25)5-7-24(8-6-18)16-4-3-15(19)13-21-16/h3-4,13H,2,5-12,14H2,1H3,(H2,20,25). The number of rotatable bonds is 5. The molecule has 0 aliphatic carbocycles. The number of hydrogen-bond donors (Lipinski definition) is 1. The molecule has 1 aromatic rings. The number of amides is 1. The van der Waals surface area contributed by atoms with Gasteiger partial charge in [-0.2, -0.15) is 0 Å². The van der Waals surface area contributed by atoms with E-state index in [-0.39, 0.29) is 0 Å². The molecule has 2 N–H and O–H groups in total. The average Bonchev–Trinajstić information content (AvgIpc) is 2.63. The highest BCUT2D eigenvalue weighted by Crippen LogP contribution is 2.30. The second-order valence-electron chi connectivity index (χ2n) is 7.14. The van der Waals surface area contributed by atoms with Gasteiger partial charge >= 0.3 is 6.09 Å². The molecule has 3 rings (SSSR count). The number of piperidine rings is 1. The zero-order valence-electron chi connectivity index (χ0n) is 15.4. The van der Waals surface area contributed by atoms with Crippen LogP contribution in [0, 0.1) is 0 Å². The molecule has 2 aliphatic rings. The molecule has 144 valence electrons. The maximum absolute atomic E-state index is 11.5. The van der Waals surface area contributed by atoms with E-state index < -0.39 is 11.7 Å². The van der Waals surface area contributed by atoms with Gasteiger partial charge in [0.05, 0.1) is 0 Å². The molecule has 0 aromatic carbocycles. The Morgan fingerprint density at radius 2 is 1.85 bits per heavy atom. The van der Waals surface area contributed by atoms with E-state index in [1.807, 2.05) is 18.3 Å². The van der Waals surface area contributed by atoms with Crippen molar-refractivity contribution in [3.8, 4) is 0 Å². The largest absolute Gasteiger partial charge is 0.442 e. The molecule has 7 nitrogen and oxygen atoms in total. The Balaban J connectivity index is 1.62. The molecule has 1 aromatic heterocycles. The summed E-state index contributed by atoms with van der Waals surface area (Å²) in [6, 6.07) is 4.01. The molecule has 0 bridgehead atoms. The van der Waals surface area contributed by atoms with Gasteiger partial charge in [-0.1, -0.05) is 6.92 Å². The average molecular weight is 426 g/mol. The normalized spacial score (nSPS) is 21.5. The summed E-state index contributed by atoms with van der Waals surface area (Å²) >= 11 is 3.42. The molecule has 3 heterocycles. The third-order valence-corrected chi connectivity index (χ3v) is 5.92. The van der Waals surface area contributed by atoms with Crippen LogP contribution >= 0.6 is 15.9 Å². The summed E-state index contributed by atoms with van der Waals surface area (Å²) in [5.74, 6) is 0.956. The van der Waals surface area contributed by atoms with Gasteiger partial charge in [-0.15, -0.1) is 0 Å². The van der Waals surface area contributed by atoms with E-state index in [4.69, 9.17) is 10.5 Å². The first-order chi connectivity index (χ1) is 12.5. The minimum atomic E-state index is -0.674. The van der Waals surface area contributed by atoms with Crippen LogP contribution in [0.25, 0.3) is 0 Å². The summed E-state index contributed by atoms with van der Waals surface area (Å²) in [4.78, 5) is 23.1. The minimum absolute atomic E-state index is 0.494. The SMILES string of the molecule is CCN1CCN(CC2(OC(N)=O)CCN(c3ccc(Br)cn3)CC2)CC1. The summed E-state index contributed by atoms with van der Waals surface area (Å²) in [6.45, 7) is 9.80. The number of carbonyl (C=O) groups excluding carboxylic acids is 1. The lowest BCUT2D eigenvalue weighted by Gasteiger charge is -2.45. The van der Waals surface area contributed by atoms with Gasteiger partial charge in [0, 0.05) is 69.3 Å². The summed E-state index contributed by atoms with van der Waals surface area (Å²) < 4.78 is 6.64. The molecule has 0 unspecified atom stereocenters. The molecule has 0 saturated carbocycles. The quantitative estimate of drug-likeness (QED) is 0.776. The maximum Gasteiger partial charge on any atom is 0.405 e. The summed E-state index contributed by atoms with van der Waals surface area (Å²) in [5, 5.41) is 0. The number of carbonyl (C=O) groups is 1. The lowest BCUT2D eigenvalue weighted by atomic mass is 9.90. The van der Waals surface area contributed by atoms with Crippen LogP contribution in [-0.4, -0.2) is 78.8 Å². The predicted octanol–water partition coefficient (Wildman–Crippen LogP) is 1.92. The van der Waals surface area contributed by atoms with Crippen LogP contribution in [0.1, 0.15) is 19.8 Å². The van der Waals surface area contributed by atoms with Crippen LogP contribution < -0.4 is 10.6 Å². The van der Waals surface area contributed by atoms with Crippen LogP contribution in [-0.2, 0) is 4.74 Å². The lowest BCUT2D eigenvalue weighted by molar-refractivity contribution is -0.0360. The molecule has 2 aliphatic heterocycles. The van der Waals surface area contributed by atoms with E-state index in [0.717, 1.165) is 75.5 Å². The van der Waals surface area contributed by atoms with E-state index >= 15 is 0 Å². The lowest BCUT2D eigenvalue weighted by Crippen LogP contribution is -2.57. The zero-order chi connectivity index (χ0) is 18.6. The summed E-state index contributed by atoms with van der Waals surface area (Å²) in [6.07, 6.45) is 2.67. The summed E-state index contributed by atoms with van der Waals surface area (Å²) in [7, 11) is 0. The Kier molecular flexibility index (Phi) is 6.37. The second kappa shape index (κ2) is 8.54. The van der Waals surface area contributed by atoms with Gasteiger partial charge in [0.1, 0.15) is 11.4 Å². The predicted molar refractivity (Wildman–Crippen MR) is 105 cm³/mol. The number of nitrogens with zero attached hydrogens (tertiary/aromatic N) is 4. The van der Waals surface area contributed by atoms with Crippen molar-refractivity contribution in [3.05, 3.63) is 22.8 Å². The smallest absolute Gasteiger partial charge is 0.405 e. The fourth-order valence-corrected chi connectivity index (χ4v) is 4.11. The molecule has 2 saturated heterocycles. The van der Waals surface area contributed by atoms with Gasteiger partial charge < -0.3 is 20.3 Å². The Bertz CT molecular complexity index is 596. The van der Waals surface area contributed by atoms with Crippen LogP contribution in [0.15, 0.2) is 22.8 Å². The molecule has 1 amide bonds. The third-order valence-electron chi connectivity index (χ3n) is 5.45. The van der Waals surface area contributed by atoms with Gasteiger partial charge in [0.25, 0.3) is 0 Å². The highest BCUT2D eigenvalue weighted by molar-refractivity contribution is 9.10. The van der Waals surface area contributed by atoms with Crippen LogP contribution in [0.5, 0.6) is 0 Å². The number of piperazine rings is 1. The molecule has 26 heavy (non-hydrogen) atoms. The highest BCUT2D eigenvalue weighted by atomic mass is 79.9. The van der Waals surface area contributed by atoms with Crippen molar-refractivity contribution in [2.24, 2.45) is 5.73 Å². The second-order valence-corrected chi connectivity index (χ2v) is 8.05. The third kappa shape index (κ3) is 4.86. The van der Waals surface area contributed by atoms with Gasteiger partial charge in [-0.3, -0.25) is 4.90 Å². The van der Waals surface area contributed by atoms with Crippen LogP contribution in [0.4, 0.5) is 10.6 Å². The Morgan fingerprint density at radius 1 is 1.19 bits per heavy atom. The van der Waals surface area contributed by atoms with Crippen LogP contribution in [0.2, 0.25) is 0 Å². The molecule has 0 radical (unpaired) electrons. The van der Waals surface area contributed by atoms with Crippen molar-refractivity contribution in [1.82, 2.24) is 14.8 Å². The van der Waals surface area contributed by atoms with E-state index in [0.29, 0.717) is 0 Å². The van der Waals surface area contributed by atoms with Crippen molar-refractivity contribution in [2.75, 3.05) is 57.3 Å². The molecular formula is C18H28BrN5O2. The first-order valence-electron chi connectivity index (χ1n) is 9.29. The number of halogens is 1. The van der Waals surface area contributed by atoms with E-state index in [9.17, 15) is 4.79 Å². The van der Waals surface area contributed by atoms with E-state index in [1.165, 1.54) is 0 Å². The summed E-state index contributed by atoms with van der Waals surface area (Å²) in [5.41, 5.74) is 4.91. The van der Waals surface area contributed by atoms with Gasteiger partial charge in [0.15, 0.2) is 0 Å². The zero-order valence-corrected chi connectivity index (χ0v) is 16.9. The van der Waals surface area contributed by atoms with Crippen molar-refractivity contribution >= 4 is 27.8 Å². The molecule has 8 heteroatoms. The van der Waals surface area contributed by atoms with E-state index in [2.05, 4.69) is 42.5 Å².